The highest BCUT2D eigenvalue weighted by atomic mass is 16.2. The summed E-state index contributed by atoms with van der Waals surface area (Å²) in [5.41, 5.74) is 2.99. The number of nitrogens with zero attached hydrogens (tertiary/aromatic N) is 4. The first kappa shape index (κ1) is 21.0. The zero-order valence-electron chi connectivity index (χ0n) is 17.3. The van der Waals surface area contributed by atoms with Crippen molar-refractivity contribution in [2.45, 2.75) is 20.8 Å². The lowest BCUT2D eigenvalue weighted by molar-refractivity contribution is -0.132. The van der Waals surface area contributed by atoms with Crippen molar-refractivity contribution in [3.63, 3.8) is 0 Å². The average molecular weight is 376 g/mol. The lowest BCUT2D eigenvalue weighted by Gasteiger charge is -2.35. The zero-order valence-corrected chi connectivity index (χ0v) is 17.3. The van der Waals surface area contributed by atoms with Gasteiger partial charge in [0.25, 0.3) is 0 Å². The molecule has 1 aromatic rings. The van der Waals surface area contributed by atoms with Crippen molar-refractivity contribution < 1.29 is 9.59 Å². The number of anilines is 2. The molecule has 1 fully saturated rings. The van der Waals surface area contributed by atoms with Gasteiger partial charge < -0.3 is 20.0 Å². The Labute approximate surface area is 162 Å². The summed E-state index contributed by atoms with van der Waals surface area (Å²) in [6.07, 6.45) is 0. The van der Waals surface area contributed by atoms with Gasteiger partial charge in [-0.1, -0.05) is 0 Å². The molecule has 0 saturated carbocycles. The summed E-state index contributed by atoms with van der Waals surface area (Å²) in [7, 11) is 4.00. The van der Waals surface area contributed by atoms with Crippen molar-refractivity contribution in [1.82, 2.24) is 14.7 Å². The number of nitrogens with one attached hydrogen (secondary N) is 1. The number of hydrogen-bond acceptors (Lipinski definition) is 4. The van der Waals surface area contributed by atoms with Crippen molar-refractivity contribution in [2.75, 3.05) is 70.1 Å². The fourth-order valence-corrected chi connectivity index (χ4v) is 3.24. The van der Waals surface area contributed by atoms with E-state index < -0.39 is 0 Å². The molecule has 150 valence electrons. The highest BCUT2D eigenvalue weighted by molar-refractivity contribution is 5.90. The van der Waals surface area contributed by atoms with E-state index in [0.29, 0.717) is 19.6 Å². The van der Waals surface area contributed by atoms with Gasteiger partial charge in [0, 0.05) is 64.7 Å². The van der Waals surface area contributed by atoms with E-state index in [1.165, 1.54) is 0 Å². The highest BCUT2D eigenvalue weighted by Crippen LogP contribution is 2.21. The lowest BCUT2D eigenvalue weighted by atomic mass is 10.1. The minimum absolute atomic E-state index is 0.0783. The van der Waals surface area contributed by atoms with E-state index in [2.05, 4.69) is 16.3 Å². The van der Waals surface area contributed by atoms with Crippen LogP contribution in [0.25, 0.3) is 0 Å². The maximum Gasteiger partial charge on any atom is 0.321 e. The summed E-state index contributed by atoms with van der Waals surface area (Å²) >= 11 is 0. The van der Waals surface area contributed by atoms with Crippen LogP contribution in [0.3, 0.4) is 0 Å². The van der Waals surface area contributed by atoms with Crippen LogP contribution >= 0.6 is 0 Å². The molecule has 3 amide bonds. The summed E-state index contributed by atoms with van der Waals surface area (Å²) < 4.78 is 0. The number of urea groups is 1. The number of amides is 3. The van der Waals surface area contributed by atoms with Gasteiger partial charge in [-0.2, -0.15) is 0 Å². The third kappa shape index (κ3) is 5.60. The number of hydrogen-bond donors (Lipinski definition) is 1. The predicted molar refractivity (Wildman–Crippen MR) is 110 cm³/mol. The Morgan fingerprint density at radius 2 is 1.70 bits per heavy atom. The lowest BCUT2D eigenvalue weighted by Crippen LogP contribution is -2.52. The quantitative estimate of drug-likeness (QED) is 0.827. The van der Waals surface area contributed by atoms with Crippen LogP contribution in [0.5, 0.6) is 0 Å². The Morgan fingerprint density at radius 1 is 1.07 bits per heavy atom. The monoisotopic (exact) mass is 375 g/mol. The van der Waals surface area contributed by atoms with Gasteiger partial charge in [-0.05, 0) is 44.5 Å². The molecule has 2 rings (SSSR count). The van der Waals surface area contributed by atoms with Crippen LogP contribution < -0.4 is 10.2 Å². The van der Waals surface area contributed by atoms with Crippen molar-refractivity contribution in [2.24, 2.45) is 0 Å². The van der Waals surface area contributed by atoms with Gasteiger partial charge in [-0.3, -0.25) is 9.69 Å². The van der Waals surface area contributed by atoms with Crippen molar-refractivity contribution in [3.8, 4) is 0 Å². The molecule has 1 aromatic carbocycles. The fraction of sp³-hybridized carbons (Fsp3) is 0.600. The number of likely N-dealkylation sites (N-methyl/N-ethyl adjacent to an activating group) is 1. The largest absolute Gasteiger partial charge is 0.378 e. The van der Waals surface area contributed by atoms with Crippen molar-refractivity contribution in [3.05, 3.63) is 23.8 Å². The Bertz CT molecular complexity index is 650. The van der Waals surface area contributed by atoms with Gasteiger partial charge >= 0.3 is 6.03 Å². The molecule has 0 bridgehead atoms. The molecule has 0 aliphatic carbocycles. The summed E-state index contributed by atoms with van der Waals surface area (Å²) in [6, 6.07) is 5.93. The van der Waals surface area contributed by atoms with E-state index in [1.807, 2.05) is 61.7 Å². The molecule has 0 atom stereocenters. The maximum absolute atomic E-state index is 12.6. The summed E-state index contributed by atoms with van der Waals surface area (Å²) in [5, 5.41) is 3.01. The first-order valence-corrected chi connectivity index (χ1v) is 9.69. The molecular formula is C20H33N5O2. The van der Waals surface area contributed by atoms with E-state index in [-0.39, 0.29) is 11.9 Å². The van der Waals surface area contributed by atoms with E-state index in [0.717, 1.165) is 43.1 Å². The van der Waals surface area contributed by atoms with Crippen LogP contribution in [-0.4, -0.2) is 86.5 Å². The van der Waals surface area contributed by atoms with E-state index >= 15 is 0 Å². The third-order valence-corrected chi connectivity index (χ3v) is 5.10. The molecule has 1 saturated heterocycles. The molecule has 27 heavy (non-hydrogen) atoms. The first-order valence-electron chi connectivity index (χ1n) is 9.69. The summed E-state index contributed by atoms with van der Waals surface area (Å²) in [4.78, 5) is 32.6. The third-order valence-electron chi connectivity index (χ3n) is 5.10. The smallest absolute Gasteiger partial charge is 0.321 e. The Hall–Kier alpha value is -2.28. The Kier molecular flexibility index (Phi) is 7.47. The van der Waals surface area contributed by atoms with Crippen LogP contribution in [0, 0.1) is 6.92 Å². The number of benzene rings is 1. The van der Waals surface area contributed by atoms with E-state index in [4.69, 9.17) is 0 Å². The first-order chi connectivity index (χ1) is 12.8. The second-order valence-corrected chi connectivity index (χ2v) is 7.15. The summed E-state index contributed by atoms with van der Waals surface area (Å²) in [5.74, 6) is 0.162. The second-order valence-electron chi connectivity index (χ2n) is 7.15. The minimum atomic E-state index is -0.0783. The minimum Gasteiger partial charge on any atom is -0.378 e. The van der Waals surface area contributed by atoms with Gasteiger partial charge in [-0.15, -0.1) is 0 Å². The van der Waals surface area contributed by atoms with Crippen molar-refractivity contribution in [1.29, 1.82) is 0 Å². The molecule has 0 unspecified atom stereocenters. The molecule has 1 heterocycles. The SMILES string of the molecule is CCN(CC)C(=O)CN1CCN(C(=O)Nc2ccc(N(C)C)cc2C)CC1. The topological polar surface area (TPSA) is 59.1 Å². The second kappa shape index (κ2) is 9.60. The van der Waals surface area contributed by atoms with Gasteiger partial charge in [0.15, 0.2) is 0 Å². The number of piperazine rings is 1. The molecule has 7 heteroatoms. The van der Waals surface area contributed by atoms with E-state index in [1.54, 1.807) is 0 Å². The van der Waals surface area contributed by atoms with Crippen molar-refractivity contribution >= 4 is 23.3 Å². The molecule has 1 aliphatic rings. The van der Waals surface area contributed by atoms with Gasteiger partial charge in [0.1, 0.15) is 0 Å². The molecule has 0 spiro atoms. The van der Waals surface area contributed by atoms with Crippen LogP contribution in [0.15, 0.2) is 18.2 Å². The van der Waals surface area contributed by atoms with Crippen LogP contribution in [0.2, 0.25) is 0 Å². The maximum atomic E-state index is 12.6. The Morgan fingerprint density at radius 3 is 2.22 bits per heavy atom. The molecule has 1 N–H and O–H groups in total. The number of carbonyl (C=O) groups is 2. The van der Waals surface area contributed by atoms with Crippen LogP contribution in [-0.2, 0) is 4.79 Å². The summed E-state index contributed by atoms with van der Waals surface area (Å²) in [6.45, 7) is 10.6. The van der Waals surface area contributed by atoms with Gasteiger partial charge in [0.2, 0.25) is 5.91 Å². The van der Waals surface area contributed by atoms with Crippen LogP contribution in [0.1, 0.15) is 19.4 Å². The molecule has 1 aliphatic heterocycles. The molecule has 7 nitrogen and oxygen atoms in total. The normalized spacial score (nSPS) is 14.8. The number of carbonyl (C=O) groups excluding carboxylic acids is 2. The predicted octanol–water partition coefficient (Wildman–Crippen LogP) is 2.08. The standard InChI is InChI=1S/C20H33N5O2/c1-6-24(7-2)19(26)15-23-10-12-25(13-11-23)20(27)21-18-9-8-17(22(4)5)14-16(18)3/h8-9,14H,6-7,10-13,15H2,1-5H3,(H,21,27). The zero-order chi connectivity index (χ0) is 20.0. The fourth-order valence-electron chi connectivity index (χ4n) is 3.24. The number of aryl methyl sites for hydroxylation is 1. The van der Waals surface area contributed by atoms with Gasteiger partial charge in [-0.25, -0.2) is 4.79 Å². The van der Waals surface area contributed by atoms with Gasteiger partial charge in [0.05, 0.1) is 6.54 Å². The van der Waals surface area contributed by atoms with Crippen LogP contribution in [0.4, 0.5) is 16.2 Å². The highest BCUT2D eigenvalue weighted by Gasteiger charge is 2.23. The number of rotatable bonds is 6. The molecule has 0 aromatic heterocycles. The molecule has 0 radical (unpaired) electrons. The molecular weight excluding hydrogens is 342 g/mol. The van der Waals surface area contributed by atoms with E-state index in [9.17, 15) is 9.59 Å². The average Bonchev–Trinajstić information content (AvgIpc) is 2.64. The Balaban J connectivity index is 1.85.